The highest BCUT2D eigenvalue weighted by atomic mass is 16.5. The molecular formula is C35H28O10. The molecule has 0 unspecified atom stereocenters. The summed E-state index contributed by atoms with van der Waals surface area (Å²) in [4.78, 5) is 26.1. The third kappa shape index (κ3) is 5.14. The first-order valence-electron chi connectivity index (χ1n) is 14.4. The second kappa shape index (κ2) is 11.1. The Morgan fingerprint density at radius 2 is 1.73 bits per heavy atom. The van der Waals surface area contributed by atoms with Gasteiger partial charge in [0, 0.05) is 42.0 Å². The smallest absolute Gasteiger partial charge is 0.312 e. The summed E-state index contributed by atoms with van der Waals surface area (Å²) in [6.07, 6.45) is 1.48. The van der Waals surface area contributed by atoms with Crippen molar-refractivity contribution in [1.82, 2.24) is 0 Å². The number of carbonyl (C=O) groups is 1. The third-order valence-corrected chi connectivity index (χ3v) is 8.18. The van der Waals surface area contributed by atoms with Gasteiger partial charge in [0.15, 0.2) is 28.4 Å². The van der Waals surface area contributed by atoms with Crippen LogP contribution in [0.25, 0.3) is 22.3 Å². The van der Waals surface area contributed by atoms with Crippen molar-refractivity contribution in [2.45, 2.75) is 25.2 Å². The summed E-state index contributed by atoms with van der Waals surface area (Å²) in [5.41, 5.74) is 3.22. The lowest BCUT2D eigenvalue weighted by atomic mass is 9.85. The molecule has 0 amide bonds. The van der Waals surface area contributed by atoms with Crippen molar-refractivity contribution in [2.75, 3.05) is 20.3 Å². The number of aromatic hydroxyl groups is 3. The molecule has 0 spiro atoms. The van der Waals surface area contributed by atoms with Crippen LogP contribution in [0.3, 0.4) is 0 Å². The van der Waals surface area contributed by atoms with Gasteiger partial charge in [-0.3, -0.25) is 9.59 Å². The Morgan fingerprint density at radius 3 is 2.56 bits per heavy atom. The highest BCUT2D eigenvalue weighted by Crippen LogP contribution is 2.47. The van der Waals surface area contributed by atoms with Gasteiger partial charge in [0.1, 0.15) is 34.0 Å². The van der Waals surface area contributed by atoms with Crippen LogP contribution < -0.4 is 24.4 Å². The van der Waals surface area contributed by atoms with E-state index in [1.165, 1.54) is 35.9 Å². The lowest BCUT2D eigenvalue weighted by molar-refractivity contribution is -0.135. The van der Waals surface area contributed by atoms with E-state index in [2.05, 4.69) is 6.07 Å². The maximum Gasteiger partial charge on any atom is 0.312 e. The zero-order chi connectivity index (χ0) is 31.2. The Kier molecular flexibility index (Phi) is 6.96. The molecule has 2 aliphatic rings. The Balaban J connectivity index is 1.28. The van der Waals surface area contributed by atoms with E-state index in [1.54, 1.807) is 25.3 Å². The third-order valence-electron chi connectivity index (χ3n) is 8.18. The fourth-order valence-corrected chi connectivity index (χ4v) is 5.96. The van der Waals surface area contributed by atoms with E-state index in [9.17, 15) is 24.9 Å². The molecular weight excluding hydrogens is 580 g/mol. The predicted molar refractivity (Wildman–Crippen MR) is 163 cm³/mol. The molecule has 3 heterocycles. The Hall–Kier alpha value is -5.64. The van der Waals surface area contributed by atoms with E-state index in [-0.39, 0.29) is 34.6 Å². The molecule has 0 fully saturated rings. The minimum absolute atomic E-state index is 0.0384. The number of ether oxygens (including phenoxy) is 4. The van der Waals surface area contributed by atoms with Crippen molar-refractivity contribution in [1.29, 1.82) is 0 Å². The molecule has 45 heavy (non-hydrogen) atoms. The Bertz CT molecular complexity index is 2040. The average molecular weight is 609 g/mol. The molecule has 7 rings (SSSR count). The second-order valence-corrected chi connectivity index (χ2v) is 11.0. The van der Waals surface area contributed by atoms with Crippen LogP contribution in [0.4, 0.5) is 0 Å². The summed E-state index contributed by atoms with van der Waals surface area (Å²) < 4.78 is 29.1. The van der Waals surface area contributed by atoms with Gasteiger partial charge in [-0.1, -0.05) is 18.2 Å². The number of carbonyl (C=O) groups excluding carboxylic acids is 1. The number of phenolic OH excluding ortho intramolecular Hbond substituents is 3. The van der Waals surface area contributed by atoms with Gasteiger partial charge in [0.25, 0.3) is 0 Å². The molecule has 0 aliphatic carbocycles. The van der Waals surface area contributed by atoms with E-state index < -0.39 is 28.8 Å². The van der Waals surface area contributed by atoms with E-state index in [0.29, 0.717) is 47.8 Å². The maximum atomic E-state index is 13.3. The first-order valence-corrected chi connectivity index (χ1v) is 14.4. The van der Waals surface area contributed by atoms with Crippen LogP contribution in [0, 0.1) is 0 Å². The first-order chi connectivity index (χ1) is 21.8. The van der Waals surface area contributed by atoms with Crippen LogP contribution in [0.5, 0.6) is 40.2 Å². The van der Waals surface area contributed by atoms with Crippen molar-refractivity contribution < 1.29 is 43.5 Å². The number of hydrogen-bond donors (Lipinski definition) is 3. The van der Waals surface area contributed by atoms with Crippen LogP contribution >= 0.6 is 0 Å². The molecule has 1 atom stereocenters. The molecule has 228 valence electrons. The molecule has 1 aromatic heterocycles. The minimum Gasteiger partial charge on any atom is -0.507 e. The highest BCUT2D eigenvalue weighted by molar-refractivity contribution is 5.93. The summed E-state index contributed by atoms with van der Waals surface area (Å²) in [5.74, 6) is -0.210. The number of benzene rings is 4. The van der Waals surface area contributed by atoms with Crippen molar-refractivity contribution in [3.63, 3.8) is 0 Å². The number of esters is 1. The summed E-state index contributed by atoms with van der Waals surface area (Å²) in [6, 6.07) is 17.9. The van der Waals surface area contributed by atoms with Gasteiger partial charge in [0.05, 0.1) is 26.7 Å². The summed E-state index contributed by atoms with van der Waals surface area (Å²) >= 11 is 0. The number of hydrogen-bond acceptors (Lipinski definition) is 10. The minimum atomic E-state index is -0.624. The van der Waals surface area contributed by atoms with E-state index in [1.807, 2.05) is 12.1 Å². The van der Waals surface area contributed by atoms with E-state index >= 15 is 0 Å². The molecule has 0 bridgehead atoms. The van der Waals surface area contributed by atoms with Crippen molar-refractivity contribution >= 4 is 16.9 Å². The normalized spacial score (nSPS) is 15.2. The zero-order valence-corrected chi connectivity index (χ0v) is 24.2. The van der Waals surface area contributed by atoms with Crippen LogP contribution in [-0.4, -0.2) is 41.6 Å². The second-order valence-electron chi connectivity index (χ2n) is 11.0. The van der Waals surface area contributed by atoms with Gasteiger partial charge in [0.2, 0.25) is 0 Å². The van der Waals surface area contributed by atoms with E-state index in [0.717, 1.165) is 17.7 Å². The van der Waals surface area contributed by atoms with Gasteiger partial charge in [-0.25, -0.2) is 0 Å². The van der Waals surface area contributed by atoms with Crippen LogP contribution in [0.2, 0.25) is 0 Å². The van der Waals surface area contributed by atoms with Gasteiger partial charge < -0.3 is 38.7 Å². The van der Waals surface area contributed by atoms with Gasteiger partial charge in [-0.15, -0.1) is 0 Å². The fourth-order valence-electron chi connectivity index (χ4n) is 5.96. The molecule has 10 heteroatoms. The van der Waals surface area contributed by atoms with Crippen LogP contribution in [0.1, 0.15) is 34.6 Å². The largest absolute Gasteiger partial charge is 0.507 e. The van der Waals surface area contributed by atoms with Crippen molar-refractivity contribution in [3.8, 4) is 51.6 Å². The summed E-state index contributed by atoms with van der Waals surface area (Å²) in [5, 5.41) is 30.5. The highest BCUT2D eigenvalue weighted by Gasteiger charge is 2.34. The fraction of sp³-hybridized carbons (Fsp3) is 0.200. The molecule has 0 radical (unpaired) electrons. The topological polar surface area (TPSA) is 145 Å². The summed E-state index contributed by atoms with van der Waals surface area (Å²) in [6.45, 7) is 1.06. The van der Waals surface area contributed by atoms with Crippen LogP contribution in [0.15, 0.2) is 75.9 Å². The van der Waals surface area contributed by atoms with Crippen molar-refractivity contribution in [3.05, 3.63) is 99.2 Å². The number of fused-ring (bicyclic) bond motifs is 4. The summed E-state index contributed by atoms with van der Waals surface area (Å²) in [7, 11) is 1.54. The Labute approximate surface area is 256 Å². The quantitative estimate of drug-likeness (QED) is 0.122. The van der Waals surface area contributed by atoms with Gasteiger partial charge in [-0.2, -0.15) is 0 Å². The van der Waals surface area contributed by atoms with Crippen LogP contribution in [-0.2, 0) is 17.6 Å². The SMILES string of the molecule is COc1ccc([C@H]2CC(=O)Oc3cc(O)c4c(=O)cc(-c5ccc(O)c(O)c5)oc4c32)cc1OCCc1ccc2c(c1)CCO2. The molecule has 2 aliphatic heterocycles. The zero-order valence-electron chi connectivity index (χ0n) is 24.2. The lowest BCUT2D eigenvalue weighted by Crippen LogP contribution is -2.22. The first kappa shape index (κ1) is 28.1. The standard InChI is InChI=1S/C35H28O10/c1-41-28-7-4-19(14-30(28)43-10-8-18-2-6-27-21(12-18)9-11-42-27)22-15-32(40)44-31-17-26(39)34-25(38)16-29(45-35(34)33(22)31)20-3-5-23(36)24(37)13-20/h2-7,12-14,16-17,22,36-37,39H,8-11,15H2,1H3/t22-/m1/s1. The average Bonchev–Trinajstić information content (AvgIpc) is 3.49. The Morgan fingerprint density at radius 1 is 0.867 bits per heavy atom. The van der Waals surface area contributed by atoms with E-state index in [4.69, 9.17) is 23.4 Å². The lowest BCUT2D eigenvalue weighted by Gasteiger charge is -2.26. The molecule has 10 nitrogen and oxygen atoms in total. The molecule has 3 N–H and O–H groups in total. The number of methoxy groups -OCH3 is 1. The van der Waals surface area contributed by atoms with Gasteiger partial charge >= 0.3 is 5.97 Å². The molecule has 4 aromatic carbocycles. The predicted octanol–water partition coefficient (Wildman–Crippen LogP) is 5.58. The number of rotatable bonds is 7. The van der Waals surface area contributed by atoms with Crippen molar-refractivity contribution in [2.24, 2.45) is 0 Å². The monoisotopic (exact) mass is 608 g/mol. The molecule has 0 saturated carbocycles. The maximum absolute atomic E-state index is 13.3. The molecule has 5 aromatic rings. The van der Waals surface area contributed by atoms with Gasteiger partial charge in [-0.05, 0) is 53.1 Å². The molecule has 0 saturated heterocycles. The number of phenols is 3.